The SMILES string of the molecule is CCCN1CCN(c2nc(N)nc(N3CCCC3)n2)CC1. The summed E-state index contributed by atoms with van der Waals surface area (Å²) < 4.78 is 0. The molecule has 116 valence electrons. The molecule has 0 radical (unpaired) electrons. The van der Waals surface area contributed by atoms with E-state index in [1.807, 2.05) is 0 Å². The zero-order chi connectivity index (χ0) is 14.7. The highest BCUT2D eigenvalue weighted by atomic mass is 15.4. The molecule has 21 heavy (non-hydrogen) atoms. The number of aromatic nitrogens is 3. The molecule has 0 saturated carbocycles. The zero-order valence-corrected chi connectivity index (χ0v) is 12.8. The van der Waals surface area contributed by atoms with Crippen LogP contribution in [0.5, 0.6) is 0 Å². The van der Waals surface area contributed by atoms with Crippen molar-refractivity contribution in [1.29, 1.82) is 0 Å². The van der Waals surface area contributed by atoms with Crippen LogP contribution in [0.2, 0.25) is 0 Å². The van der Waals surface area contributed by atoms with Gasteiger partial charge in [-0.2, -0.15) is 15.0 Å². The minimum atomic E-state index is 0.331. The number of piperazine rings is 1. The van der Waals surface area contributed by atoms with Gasteiger partial charge < -0.3 is 15.5 Å². The normalized spacial score (nSPS) is 20.2. The van der Waals surface area contributed by atoms with Crippen LogP contribution in [0.25, 0.3) is 0 Å². The molecule has 0 atom stereocenters. The average Bonchev–Trinajstić information content (AvgIpc) is 3.02. The lowest BCUT2D eigenvalue weighted by Gasteiger charge is -2.34. The van der Waals surface area contributed by atoms with Crippen LogP contribution in [0.15, 0.2) is 0 Å². The first-order valence-electron chi connectivity index (χ1n) is 8.00. The van der Waals surface area contributed by atoms with Crippen molar-refractivity contribution in [3.05, 3.63) is 0 Å². The van der Waals surface area contributed by atoms with Gasteiger partial charge in [-0.15, -0.1) is 0 Å². The van der Waals surface area contributed by atoms with Gasteiger partial charge in [-0.1, -0.05) is 6.92 Å². The van der Waals surface area contributed by atoms with E-state index in [0.717, 1.165) is 51.2 Å². The molecule has 2 aliphatic heterocycles. The minimum absolute atomic E-state index is 0.331. The van der Waals surface area contributed by atoms with E-state index < -0.39 is 0 Å². The third-order valence-electron chi connectivity index (χ3n) is 4.21. The highest BCUT2D eigenvalue weighted by Gasteiger charge is 2.22. The third kappa shape index (κ3) is 3.34. The molecule has 0 unspecified atom stereocenters. The molecule has 7 heteroatoms. The predicted octanol–water partition coefficient (Wildman–Crippen LogP) is 0.586. The summed E-state index contributed by atoms with van der Waals surface area (Å²) in [6.45, 7) is 9.50. The molecule has 0 aromatic carbocycles. The number of rotatable bonds is 4. The van der Waals surface area contributed by atoms with Crippen LogP contribution < -0.4 is 15.5 Å². The molecule has 0 bridgehead atoms. The van der Waals surface area contributed by atoms with Gasteiger partial charge >= 0.3 is 0 Å². The fourth-order valence-corrected chi connectivity index (χ4v) is 3.06. The smallest absolute Gasteiger partial charge is 0.232 e. The summed E-state index contributed by atoms with van der Waals surface area (Å²) in [7, 11) is 0. The van der Waals surface area contributed by atoms with Gasteiger partial charge in [0, 0.05) is 39.3 Å². The molecule has 2 aliphatic rings. The van der Waals surface area contributed by atoms with Crippen molar-refractivity contribution in [2.24, 2.45) is 0 Å². The summed E-state index contributed by atoms with van der Waals surface area (Å²) >= 11 is 0. The molecule has 0 spiro atoms. The number of hydrogen-bond donors (Lipinski definition) is 1. The van der Waals surface area contributed by atoms with Crippen molar-refractivity contribution in [1.82, 2.24) is 19.9 Å². The molecule has 0 aliphatic carbocycles. The van der Waals surface area contributed by atoms with Crippen molar-refractivity contribution < 1.29 is 0 Å². The van der Waals surface area contributed by atoms with Gasteiger partial charge in [-0.25, -0.2) is 0 Å². The molecule has 0 amide bonds. The van der Waals surface area contributed by atoms with E-state index in [1.54, 1.807) is 0 Å². The van der Waals surface area contributed by atoms with Crippen molar-refractivity contribution >= 4 is 17.8 Å². The van der Waals surface area contributed by atoms with Crippen molar-refractivity contribution in [3.8, 4) is 0 Å². The van der Waals surface area contributed by atoms with E-state index in [0.29, 0.717) is 5.95 Å². The van der Waals surface area contributed by atoms with E-state index in [-0.39, 0.29) is 0 Å². The van der Waals surface area contributed by atoms with Crippen LogP contribution >= 0.6 is 0 Å². The molecule has 7 nitrogen and oxygen atoms in total. The molecule has 2 fully saturated rings. The highest BCUT2D eigenvalue weighted by molar-refractivity contribution is 5.44. The fraction of sp³-hybridized carbons (Fsp3) is 0.786. The summed E-state index contributed by atoms with van der Waals surface area (Å²) in [5, 5.41) is 0. The molecule has 1 aromatic heterocycles. The van der Waals surface area contributed by atoms with Gasteiger partial charge in [0.05, 0.1) is 0 Å². The van der Waals surface area contributed by atoms with Crippen molar-refractivity contribution in [2.75, 3.05) is 61.3 Å². The molecule has 1 aromatic rings. The lowest BCUT2D eigenvalue weighted by Crippen LogP contribution is -2.47. The molecule has 3 heterocycles. The number of nitrogens with zero attached hydrogens (tertiary/aromatic N) is 6. The predicted molar refractivity (Wildman–Crippen MR) is 84.6 cm³/mol. The van der Waals surface area contributed by atoms with Crippen molar-refractivity contribution in [3.63, 3.8) is 0 Å². The summed E-state index contributed by atoms with van der Waals surface area (Å²) in [4.78, 5) is 20.2. The van der Waals surface area contributed by atoms with Gasteiger partial charge in [0.2, 0.25) is 17.8 Å². The summed E-state index contributed by atoms with van der Waals surface area (Å²) in [5.74, 6) is 1.81. The van der Waals surface area contributed by atoms with Gasteiger partial charge in [-0.05, 0) is 25.8 Å². The largest absolute Gasteiger partial charge is 0.368 e. The molecule has 2 saturated heterocycles. The second kappa shape index (κ2) is 6.43. The Bertz CT molecular complexity index is 464. The monoisotopic (exact) mass is 291 g/mol. The Balaban J connectivity index is 1.70. The van der Waals surface area contributed by atoms with Gasteiger partial charge in [0.1, 0.15) is 0 Å². The lowest BCUT2D eigenvalue weighted by molar-refractivity contribution is 0.257. The van der Waals surface area contributed by atoms with Gasteiger partial charge in [-0.3, -0.25) is 4.90 Å². The van der Waals surface area contributed by atoms with Crippen LogP contribution in [0, 0.1) is 0 Å². The highest BCUT2D eigenvalue weighted by Crippen LogP contribution is 2.20. The first-order valence-corrected chi connectivity index (χ1v) is 8.00. The second-order valence-electron chi connectivity index (χ2n) is 5.82. The number of hydrogen-bond acceptors (Lipinski definition) is 7. The molecular formula is C14H25N7. The Morgan fingerprint density at radius 3 is 2.00 bits per heavy atom. The van der Waals surface area contributed by atoms with Crippen LogP contribution in [-0.4, -0.2) is 65.7 Å². The maximum Gasteiger partial charge on any atom is 0.232 e. The van der Waals surface area contributed by atoms with Crippen LogP contribution in [0.1, 0.15) is 26.2 Å². The topological polar surface area (TPSA) is 74.4 Å². The first-order chi connectivity index (χ1) is 10.3. The summed E-state index contributed by atoms with van der Waals surface area (Å²) in [6, 6.07) is 0. The second-order valence-corrected chi connectivity index (χ2v) is 5.82. The van der Waals surface area contributed by atoms with Gasteiger partial charge in [0.25, 0.3) is 0 Å². The maximum atomic E-state index is 5.88. The van der Waals surface area contributed by atoms with E-state index in [2.05, 4.69) is 36.6 Å². The lowest BCUT2D eigenvalue weighted by atomic mass is 10.3. The van der Waals surface area contributed by atoms with Crippen LogP contribution in [-0.2, 0) is 0 Å². The number of nitrogen functional groups attached to an aromatic ring is 1. The quantitative estimate of drug-likeness (QED) is 0.870. The Labute approximate surface area is 126 Å². The standard InChI is InChI=1S/C14H25N7/c1-2-5-19-8-10-21(11-9-19)14-17-12(15)16-13(18-14)20-6-3-4-7-20/h2-11H2,1H3,(H2,15,16,17,18). The Kier molecular flexibility index (Phi) is 4.38. The van der Waals surface area contributed by atoms with E-state index in [9.17, 15) is 0 Å². The Hall–Kier alpha value is -1.63. The Morgan fingerprint density at radius 1 is 0.857 bits per heavy atom. The Morgan fingerprint density at radius 2 is 1.43 bits per heavy atom. The molecular weight excluding hydrogens is 266 g/mol. The van der Waals surface area contributed by atoms with E-state index in [1.165, 1.54) is 25.8 Å². The molecule has 3 rings (SSSR count). The summed E-state index contributed by atoms with van der Waals surface area (Å²) in [5.41, 5.74) is 5.88. The average molecular weight is 291 g/mol. The first kappa shape index (κ1) is 14.3. The third-order valence-corrected chi connectivity index (χ3v) is 4.21. The zero-order valence-electron chi connectivity index (χ0n) is 12.8. The molecule has 2 N–H and O–H groups in total. The van der Waals surface area contributed by atoms with Crippen LogP contribution in [0.3, 0.4) is 0 Å². The van der Waals surface area contributed by atoms with Gasteiger partial charge in [0.15, 0.2) is 0 Å². The maximum absolute atomic E-state index is 5.88. The van der Waals surface area contributed by atoms with Crippen LogP contribution in [0.4, 0.5) is 17.8 Å². The number of nitrogens with two attached hydrogens (primary N) is 1. The number of anilines is 3. The fourth-order valence-electron chi connectivity index (χ4n) is 3.06. The minimum Gasteiger partial charge on any atom is -0.368 e. The van der Waals surface area contributed by atoms with E-state index in [4.69, 9.17) is 5.73 Å². The van der Waals surface area contributed by atoms with Crippen molar-refractivity contribution in [2.45, 2.75) is 26.2 Å². The van der Waals surface area contributed by atoms with E-state index >= 15 is 0 Å². The summed E-state index contributed by atoms with van der Waals surface area (Å²) in [6.07, 6.45) is 3.62.